The van der Waals surface area contributed by atoms with Gasteiger partial charge in [-0.05, 0) is 18.9 Å². The van der Waals surface area contributed by atoms with E-state index in [0.717, 1.165) is 12.8 Å². The number of anilines is 1. The van der Waals surface area contributed by atoms with E-state index >= 15 is 0 Å². The zero-order chi connectivity index (χ0) is 13.0. The summed E-state index contributed by atoms with van der Waals surface area (Å²) in [6, 6.07) is 2.01. The SMILES string of the molecule is N=C(N)c1ccnc(N(CCO)C2CCCC2)n1. The molecule has 1 aromatic heterocycles. The Labute approximate surface area is 106 Å². The Bertz CT molecular complexity index is 417. The van der Waals surface area contributed by atoms with Crippen molar-refractivity contribution in [2.24, 2.45) is 5.73 Å². The zero-order valence-electron chi connectivity index (χ0n) is 10.3. The van der Waals surface area contributed by atoms with E-state index in [1.54, 1.807) is 12.3 Å². The van der Waals surface area contributed by atoms with Crippen LogP contribution in [0, 0.1) is 5.41 Å². The van der Waals surface area contributed by atoms with E-state index < -0.39 is 0 Å². The van der Waals surface area contributed by atoms with E-state index in [9.17, 15) is 5.11 Å². The van der Waals surface area contributed by atoms with Crippen LogP contribution in [0.15, 0.2) is 12.3 Å². The van der Waals surface area contributed by atoms with Gasteiger partial charge in [0.05, 0.1) is 6.61 Å². The highest BCUT2D eigenvalue weighted by molar-refractivity contribution is 5.93. The number of amidine groups is 1. The van der Waals surface area contributed by atoms with Crippen molar-refractivity contribution in [3.05, 3.63) is 18.0 Å². The first kappa shape index (κ1) is 12.8. The van der Waals surface area contributed by atoms with Crippen LogP contribution in [0.25, 0.3) is 0 Å². The average molecular weight is 249 g/mol. The molecule has 1 saturated carbocycles. The van der Waals surface area contributed by atoms with E-state index in [2.05, 4.69) is 9.97 Å². The monoisotopic (exact) mass is 249 g/mol. The normalized spacial score (nSPS) is 15.8. The summed E-state index contributed by atoms with van der Waals surface area (Å²) in [7, 11) is 0. The van der Waals surface area contributed by atoms with Crippen LogP contribution >= 0.6 is 0 Å². The molecule has 0 amide bonds. The molecule has 1 aliphatic carbocycles. The van der Waals surface area contributed by atoms with E-state index in [1.165, 1.54) is 12.8 Å². The van der Waals surface area contributed by atoms with Crippen LogP contribution in [0.3, 0.4) is 0 Å². The van der Waals surface area contributed by atoms with Crippen molar-refractivity contribution in [1.82, 2.24) is 9.97 Å². The maximum Gasteiger partial charge on any atom is 0.226 e. The Morgan fingerprint density at radius 1 is 1.50 bits per heavy atom. The van der Waals surface area contributed by atoms with E-state index in [0.29, 0.717) is 24.2 Å². The van der Waals surface area contributed by atoms with E-state index in [4.69, 9.17) is 11.1 Å². The quantitative estimate of drug-likeness (QED) is 0.521. The smallest absolute Gasteiger partial charge is 0.226 e. The second-order valence-electron chi connectivity index (χ2n) is 4.51. The topological polar surface area (TPSA) is 99.1 Å². The minimum atomic E-state index is -0.0611. The number of aliphatic hydroxyl groups is 1. The van der Waals surface area contributed by atoms with Crippen molar-refractivity contribution < 1.29 is 5.11 Å². The predicted molar refractivity (Wildman–Crippen MR) is 69.7 cm³/mol. The molecular weight excluding hydrogens is 230 g/mol. The number of nitrogens with one attached hydrogen (secondary N) is 1. The molecule has 0 atom stereocenters. The predicted octanol–water partition coefficient (Wildman–Crippen LogP) is 0.502. The molecule has 1 aromatic rings. The van der Waals surface area contributed by atoms with Gasteiger partial charge >= 0.3 is 0 Å². The van der Waals surface area contributed by atoms with Crippen LogP contribution in [-0.4, -0.2) is 40.1 Å². The highest BCUT2D eigenvalue weighted by Crippen LogP contribution is 2.25. The molecule has 98 valence electrons. The summed E-state index contributed by atoms with van der Waals surface area (Å²) in [5.41, 5.74) is 5.87. The zero-order valence-corrected chi connectivity index (χ0v) is 10.3. The lowest BCUT2D eigenvalue weighted by Crippen LogP contribution is -2.37. The van der Waals surface area contributed by atoms with Gasteiger partial charge in [-0.1, -0.05) is 12.8 Å². The lowest BCUT2D eigenvalue weighted by Gasteiger charge is -2.28. The van der Waals surface area contributed by atoms with Crippen LogP contribution in [0.5, 0.6) is 0 Å². The number of nitrogens with two attached hydrogens (primary N) is 1. The molecule has 0 unspecified atom stereocenters. The van der Waals surface area contributed by atoms with Crippen LogP contribution < -0.4 is 10.6 Å². The van der Waals surface area contributed by atoms with Gasteiger partial charge in [-0.25, -0.2) is 9.97 Å². The van der Waals surface area contributed by atoms with Gasteiger partial charge in [0.15, 0.2) is 0 Å². The van der Waals surface area contributed by atoms with Crippen molar-refractivity contribution in [1.29, 1.82) is 5.41 Å². The molecule has 0 saturated heterocycles. The summed E-state index contributed by atoms with van der Waals surface area (Å²) < 4.78 is 0. The van der Waals surface area contributed by atoms with E-state index in [-0.39, 0.29) is 12.4 Å². The van der Waals surface area contributed by atoms with Gasteiger partial charge in [-0.3, -0.25) is 5.41 Å². The molecule has 0 radical (unpaired) electrons. The first-order chi connectivity index (χ1) is 8.72. The van der Waals surface area contributed by atoms with Crippen LogP contribution in [0.2, 0.25) is 0 Å². The Hall–Kier alpha value is -1.69. The number of aromatic nitrogens is 2. The van der Waals surface area contributed by atoms with Gasteiger partial charge in [0.25, 0.3) is 0 Å². The first-order valence-corrected chi connectivity index (χ1v) is 6.27. The number of rotatable bonds is 5. The lowest BCUT2D eigenvalue weighted by molar-refractivity contribution is 0.296. The summed E-state index contributed by atoms with van der Waals surface area (Å²) in [5.74, 6) is 0.498. The van der Waals surface area contributed by atoms with E-state index in [1.807, 2.05) is 4.90 Å². The molecule has 4 N–H and O–H groups in total. The summed E-state index contributed by atoms with van der Waals surface area (Å²) >= 11 is 0. The third-order valence-electron chi connectivity index (χ3n) is 3.28. The molecular formula is C12H19N5O. The fourth-order valence-electron chi connectivity index (χ4n) is 2.41. The molecule has 1 aliphatic rings. The highest BCUT2D eigenvalue weighted by Gasteiger charge is 2.24. The summed E-state index contributed by atoms with van der Waals surface area (Å²) in [6.07, 6.45) is 6.23. The lowest BCUT2D eigenvalue weighted by atomic mass is 10.2. The molecule has 6 heteroatoms. The molecule has 0 bridgehead atoms. The van der Waals surface area contributed by atoms with Crippen molar-refractivity contribution >= 4 is 11.8 Å². The molecule has 18 heavy (non-hydrogen) atoms. The third kappa shape index (κ3) is 2.76. The number of nitrogen functional groups attached to an aromatic ring is 1. The summed E-state index contributed by atoms with van der Waals surface area (Å²) in [5, 5.41) is 16.6. The van der Waals surface area contributed by atoms with Crippen LogP contribution in [-0.2, 0) is 0 Å². The standard InChI is InChI=1S/C12H19N5O/c13-11(14)10-5-6-15-12(16-10)17(7-8-18)9-3-1-2-4-9/h5-6,9,18H,1-4,7-8H2,(H3,13,14). The summed E-state index contributed by atoms with van der Waals surface area (Å²) in [6.45, 7) is 0.593. The van der Waals surface area contributed by atoms with Crippen molar-refractivity contribution in [2.75, 3.05) is 18.1 Å². The fourth-order valence-corrected chi connectivity index (χ4v) is 2.41. The molecule has 6 nitrogen and oxygen atoms in total. The molecule has 0 spiro atoms. The first-order valence-electron chi connectivity index (χ1n) is 6.27. The van der Waals surface area contributed by atoms with Crippen LogP contribution in [0.1, 0.15) is 31.4 Å². The fraction of sp³-hybridized carbons (Fsp3) is 0.583. The molecule has 0 aliphatic heterocycles. The number of nitrogens with zero attached hydrogens (tertiary/aromatic N) is 3. The van der Waals surface area contributed by atoms with Gasteiger partial charge in [-0.2, -0.15) is 0 Å². The Morgan fingerprint density at radius 3 is 2.83 bits per heavy atom. The maximum absolute atomic E-state index is 9.17. The summed E-state index contributed by atoms with van der Waals surface area (Å²) in [4.78, 5) is 10.6. The Kier molecular flexibility index (Phi) is 4.09. The van der Waals surface area contributed by atoms with Gasteiger partial charge in [-0.15, -0.1) is 0 Å². The maximum atomic E-state index is 9.17. The van der Waals surface area contributed by atoms with Crippen LogP contribution in [0.4, 0.5) is 5.95 Å². The highest BCUT2D eigenvalue weighted by atomic mass is 16.3. The third-order valence-corrected chi connectivity index (χ3v) is 3.28. The van der Waals surface area contributed by atoms with Gasteiger partial charge in [0.2, 0.25) is 5.95 Å². The Balaban J connectivity index is 2.23. The molecule has 2 rings (SSSR count). The van der Waals surface area contributed by atoms with Gasteiger partial charge in [0.1, 0.15) is 11.5 Å². The number of hydrogen-bond donors (Lipinski definition) is 3. The average Bonchev–Trinajstić information content (AvgIpc) is 2.89. The van der Waals surface area contributed by atoms with Gasteiger partial charge in [0, 0.05) is 18.8 Å². The molecule has 1 heterocycles. The van der Waals surface area contributed by atoms with Gasteiger partial charge < -0.3 is 15.7 Å². The van der Waals surface area contributed by atoms with Crippen molar-refractivity contribution in [2.45, 2.75) is 31.7 Å². The second kappa shape index (κ2) is 5.77. The Morgan fingerprint density at radius 2 is 2.22 bits per heavy atom. The van der Waals surface area contributed by atoms with Crippen molar-refractivity contribution in [3.63, 3.8) is 0 Å². The number of aliphatic hydroxyl groups excluding tert-OH is 1. The van der Waals surface area contributed by atoms with Crippen molar-refractivity contribution in [3.8, 4) is 0 Å². The molecule has 1 fully saturated rings. The minimum absolute atomic E-state index is 0.0611. The minimum Gasteiger partial charge on any atom is -0.395 e. The largest absolute Gasteiger partial charge is 0.395 e. The number of hydrogen-bond acceptors (Lipinski definition) is 5. The molecule has 0 aromatic carbocycles. The second-order valence-corrected chi connectivity index (χ2v) is 4.51.